The number of hydrogen-bond donors (Lipinski definition) is 1. The summed E-state index contributed by atoms with van der Waals surface area (Å²) in [6, 6.07) is 11.6. The topological polar surface area (TPSA) is 46.5 Å². The first-order valence-corrected chi connectivity index (χ1v) is 7.35. The summed E-state index contributed by atoms with van der Waals surface area (Å²) in [5, 5.41) is 11.6. The van der Waals surface area contributed by atoms with Gasteiger partial charge in [0.05, 0.1) is 13.0 Å². The first kappa shape index (κ1) is 15.4. The van der Waals surface area contributed by atoms with Crippen molar-refractivity contribution in [1.82, 2.24) is 0 Å². The van der Waals surface area contributed by atoms with Crippen molar-refractivity contribution in [2.24, 2.45) is 5.92 Å². The third-order valence-corrected chi connectivity index (χ3v) is 4.08. The van der Waals surface area contributed by atoms with Crippen molar-refractivity contribution in [3.63, 3.8) is 0 Å². The minimum absolute atomic E-state index is 0.0551. The molecule has 0 aliphatic heterocycles. The number of fused-ring (bicyclic) bond motifs is 1. The molecule has 1 N–H and O–H groups in total. The zero-order chi connectivity index (χ0) is 15.4. The Bertz CT molecular complexity index is 633. The van der Waals surface area contributed by atoms with E-state index in [1.54, 1.807) is 12.1 Å². The normalized spacial score (nSPS) is 13.9. The Kier molecular flexibility index (Phi) is 4.84. The van der Waals surface area contributed by atoms with Gasteiger partial charge in [0.25, 0.3) is 0 Å². The predicted molar refractivity (Wildman–Crippen MR) is 84.4 cm³/mol. The lowest BCUT2D eigenvalue weighted by atomic mass is 9.88. The zero-order valence-electron chi connectivity index (χ0n) is 12.8. The minimum atomic E-state index is -0.130. The third-order valence-electron chi connectivity index (χ3n) is 4.08. The van der Waals surface area contributed by atoms with E-state index in [-0.39, 0.29) is 23.6 Å². The van der Waals surface area contributed by atoms with Gasteiger partial charge >= 0.3 is 5.97 Å². The van der Waals surface area contributed by atoms with Crippen molar-refractivity contribution >= 4 is 16.7 Å². The Morgan fingerprint density at radius 2 is 1.86 bits per heavy atom. The molecule has 2 aromatic carbocycles. The third kappa shape index (κ3) is 3.54. The second-order valence-electron chi connectivity index (χ2n) is 5.56. The number of rotatable bonds is 5. The van der Waals surface area contributed by atoms with Crippen molar-refractivity contribution in [3.05, 3.63) is 42.0 Å². The molecule has 2 rings (SSSR count). The van der Waals surface area contributed by atoms with Crippen molar-refractivity contribution in [3.8, 4) is 5.75 Å². The molecule has 0 radical (unpaired) electrons. The Hall–Kier alpha value is -2.03. The van der Waals surface area contributed by atoms with Crippen LogP contribution in [-0.2, 0) is 9.53 Å². The van der Waals surface area contributed by atoms with E-state index in [2.05, 4.69) is 19.1 Å². The van der Waals surface area contributed by atoms with Gasteiger partial charge in [-0.1, -0.05) is 38.1 Å². The summed E-state index contributed by atoms with van der Waals surface area (Å²) < 4.78 is 4.86. The smallest absolute Gasteiger partial charge is 0.308 e. The van der Waals surface area contributed by atoms with Gasteiger partial charge in [0.15, 0.2) is 0 Å². The monoisotopic (exact) mass is 286 g/mol. The van der Waals surface area contributed by atoms with E-state index >= 15 is 0 Å². The molecule has 0 fully saturated rings. The average Bonchev–Trinajstić information content (AvgIpc) is 2.50. The first-order chi connectivity index (χ1) is 10.0. The zero-order valence-corrected chi connectivity index (χ0v) is 12.8. The molecule has 0 aliphatic rings. The van der Waals surface area contributed by atoms with Gasteiger partial charge in [-0.3, -0.25) is 4.79 Å². The van der Waals surface area contributed by atoms with Gasteiger partial charge in [-0.25, -0.2) is 0 Å². The standard InChI is InChI=1S/C18H22O3/c1-4-13(18(20)21-3)9-12(2)14-5-6-16-11-17(19)8-7-15(16)10-14/h5-8,10-13,19H,4,9H2,1-3H3. The van der Waals surface area contributed by atoms with Gasteiger partial charge in [0, 0.05) is 0 Å². The fourth-order valence-electron chi connectivity index (χ4n) is 2.72. The summed E-state index contributed by atoms with van der Waals surface area (Å²) in [4.78, 5) is 11.7. The van der Waals surface area contributed by atoms with Gasteiger partial charge in [0.2, 0.25) is 0 Å². The van der Waals surface area contributed by atoms with Crippen LogP contribution in [0.25, 0.3) is 10.8 Å². The Labute approximate surface area is 125 Å². The van der Waals surface area contributed by atoms with Crippen LogP contribution in [0.2, 0.25) is 0 Å². The quantitative estimate of drug-likeness (QED) is 0.836. The molecule has 0 spiro atoms. The summed E-state index contributed by atoms with van der Waals surface area (Å²) in [7, 11) is 1.44. The lowest BCUT2D eigenvalue weighted by Gasteiger charge is -2.18. The van der Waals surface area contributed by atoms with E-state index < -0.39 is 0 Å². The van der Waals surface area contributed by atoms with Crippen molar-refractivity contribution in [2.75, 3.05) is 7.11 Å². The Morgan fingerprint density at radius 1 is 1.19 bits per heavy atom. The summed E-state index contributed by atoms with van der Waals surface area (Å²) in [5.41, 5.74) is 1.20. The van der Waals surface area contributed by atoms with Crippen LogP contribution in [0.1, 0.15) is 38.2 Å². The van der Waals surface area contributed by atoms with Crippen LogP contribution < -0.4 is 0 Å². The fourth-order valence-corrected chi connectivity index (χ4v) is 2.72. The SMILES string of the molecule is CCC(CC(C)c1ccc2cc(O)ccc2c1)C(=O)OC. The van der Waals surface area contributed by atoms with E-state index in [4.69, 9.17) is 4.74 Å². The van der Waals surface area contributed by atoms with Crippen LogP contribution in [0.5, 0.6) is 5.75 Å². The van der Waals surface area contributed by atoms with E-state index in [0.717, 1.165) is 23.6 Å². The second-order valence-corrected chi connectivity index (χ2v) is 5.56. The number of methoxy groups -OCH3 is 1. The number of aromatic hydroxyl groups is 1. The highest BCUT2D eigenvalue weighted by Gasteiger charge is 2.20. The Balaban J connectivity index is 2.20. The van der Waals surface area contributed by atoms with E-state index in [1.807, 2.05) is 19.1 Å². The molecule has 0 saturated heterocycles. The number of ether oxygens (including phenoxy) is 1. The fraction of sp³-hybridized carbons (Fsp3) is 0.389. The van der Waals surface area contributed by atoms with Crippen LogP contribution in [0, 0.1) is 5.92 Å². The highest BCUT2D eigenvalue weighted by Crippen LogP contribution is 2.29. The van der Waals surface area contributed by atoms with Crippen molar-refractivity contribution in [2.45, 2.75) is 32.6 Å². The highest BCUT2D eigenvalue weighted by molar-refractivity contribution is 5.84. The van der Waals surface area contributed by atoms with E-state index in [1.165, 1.54) is 12.7 Å². The maximum absolute atomic E-state index is 11.7. The maximum Gasteiger partial charge on any atom is 0.308 e. The number of phenols is 1. The first-order valence-electron chi connectivity index (χ1n) is 7.35. The molecule has 0 saturated carbocycles. The van der Waals surface area contributed by atoms with Crippen LogP contribution in [0.4, 0.5) is 0 Å². The van der Waals surface area contributed by atoms with Gasteiger partial charge < -0.3 is 9.84 Å². The predicted octanol–water partition coefficient (Wildman–Crippen LogP) is 4.24. The number of esters is 1. The lowest BCUT2D eigenvalue weighted by Crippen LogP contribution is -2.17. The summed E-state index contributed by atoms with van der Waals surface area (Å²) in [6.45, 7) is 4.14. The Morgan fingerprint density at radius 3 is 2.52 bits per heavy atom. The van der Waals surface area contributed by atoms with Gasteiger partial charge in [-0.2, -0.15) is 0 Å². The largest absolute Gasteiger partial charge is 0.508 e. The number of hydrogen-bond acceptors (Lipinski definition) is 3. The van der Waals surface area contributed by atoms with Crippen LogP contribution in [-0.4, -0.2) is 18.2 Å². The highest BCUT2D eigenvalue weighted by atomic mass is 16.5. The molecule has 112 valence electrons. The molecule has 2 aromatic rings. The van der Waals surface area contributed by atoms with Crippen LogP contribution in [0.15, 0.2) is 36.4 Å². The molecule has 3 nitrogen and oxygen atoms in total. The summed E-state index contributed by atoms with van der Waals surface area (Å²) in [5.74, 6) is 0.378. The molecule has 0 heterocycles. The molecule has 0 bridgehead atoms. The number of benzene rings is 2. The number of carbonyl (C=O) groups excluding carboxylic acids is 1. The molecule has 0 aromatic heterocycles. The minimum Gasteiger partial charge on any atom is -0.508 e. The second kappa shape index (κ2) is 6.61. The molecule has 21 heavy (non-hydrogen) atoms. The van der Waals surface area contributed by atoms with Gasteiger partial charge in [-0.15, -0.1) is 0 Å². The van der Waals surface area contributed by atoms with Crippen molar-refractivity contribution < 1.29 is 14.6 Å². The number of carbonyl (C=O) groups is 1. The molecular formula is C18H22O3. The van der Waals surface area contributed by atoms with Crippen molar-refractivity contribution in [1.29, 1.82) is 0 Å². The number of phenolic OH excluding ortho intramolecular Hbond substituents is 1. The van der Waals surface area contributed by atoms with Gasteiger partial charge in [0.1, 0.15) is 5.75 Å². The van der Waals surface area contributed by atoms with Gasteiger partial charge in [-0.05, 0) is 47.2 Å². The summed E-state index contributed by atoms with van der Waals surface area (Å²) in [6.07, 6.45) is 1.57. The lowest BCUT2D eigenvalue weighted by molar-refractivity contribution is -0.145. The maximum atomic E-state index is 11.7. The summed E-state index contributed by atoms with van der Waals surface area (Å²) >= 11 is 0. The van der Waals surface area contributed by atoms with Crippen LogP contribution >= 0.6 is 0 Å². The molecule has 2 unspecified atom stereocenters. The molecule has 3 heteroatoms. The van der Waals surface area contributed by atoms with Crippen LogP contribution in [0.3, 0.4) is 0 Å². The average molecular weight is 286 g/mol. The molecule has 0 amide bonds. The van der Waals surface area contributed by atoms with E-state index in [0.29, 0.717) is 0 Å². The molecular weight excluding hydrogens is 264 g/mol. The molecule has 2 atom stereocenters. The van der Waals surface area contributed by atoms with E-state index in [9.17, 15) is 9.90 Å². The molecule has 0 aliphatic carbocycles.